The molecule has 118 valence electrons. The van der Waals surface area contributed by atoms with E-state index in [1.165, 1.54) is 32.4 Å². The van der Waals surface area contributed by atoms with E-state index >= 15 is 0 Å². The summed E-state index contributed by atoms with van der Waals surface area (Å²) < 4.78 is 53.0. The van der Waals surface area contributed by atoms with Crippen molar-refractivity contribution in [3.63, 3.8) is 0 Å². The van der Waals surface area contributed by atoms with Gasteiger partial charge in [-0.1, -0.05) is 12.1 Å². The zero-order chi connectivity index (χ0) is 15.9. The van der Waals surface area contributed by atoms with E-state index in [1.807, 2.05) is 0 Å². The summed E-state index contributed by atoms with van der Waals surface area (Å²) in [6.07, 6.45) is -4.21. The molecule has 0 spiro atoms. The van der Waals surface area contributed by atoms with Gasteiger partial charge in [0.25, 0.3) is 0 Å². The van der Waals surface area contributed by atoms with Crippen LogP contribution in [0, 0.1) is 5.92 Å². The van der Waals surface area contributed by atoms with Gasteiger partial charge in [-0.25, -0.2) is 0 Å². The number of carbonyl (C=O) groups excluding carboxylic acids is 1. The van der Waals surface area contributed by atoms with Gasteiger partial charge in [0, 0.05) is 13.7 Å². The van der Waals surface area contributed by atoms with E-state index in [-0.39, 0.29) is 19.0 Å². The lowest BCUT2D eigenvalue weighted by Crippen LogP contribution is -2.25. The summed E-state index contributed by atoms with van der Waals surface area (Å²) in [7, 11) is 2.68. The van der Waals surface area contributed by atoms with Crippen molar-refractivity contribution in [2.45, 2.75) is 12.6 Å². The number of halogens is 3. The molecule has 0 aliphatic carbocycles. The Balaban J connectivity index is 2.78. The van der Waals surface area contributed by atoms with Crippen molar-refractivity contribution in [1.82, 2.24) is 0 Å². The fourth-order valence-electron chi connectivity index (χ4n) is 1.71. The number of benzene rings is 1. The Hall–Kier alpha value is -1.76. The molecule has 0 saturated heterocycles. The van der Waals surface area contributed by atoms with Crippen molar-refractivity contribution < 1.29 is 32.2 Å². The third-order valence-corrected chi connectivity index (χ3v) is 2.84. The van der Waals surface area contributed by atoms with E-state index < -0.39 is 23.6 Å². The van der Waals surface area contributed by atoms with Crippen molar-refractivity contribution in [2.75, 3.05) is 27.4 Å². The predicted octanol–water partition coefficient (Wildman–Crippen LogP) is 2.91. The molecule has 1 unspecified atom stereocenters. The van der Waals surface area contributed by atoms with Gasteiger partial charge >= 0.3 is 12.1 Å². The molecule has 0 aromatic heterocycles. The van der Waals surface area contributed by atoms with E-state index in [1.54, 1.807) is 0 Å². The average Bonchev–Trinajstić information content (AvgIpc) is 2.46. The first-order valence-corrected chi connectivity index (χ1v) is 6.26. The molecule has 0 aliphatic rings. The Labute approximate surface area is 120 Å². The quantitative estimate of drug-likeness (QED) is 0.727. The summed E-state index contributed by atoms with van der Waals surface area (Å²) in [6, 6.07) is 4.86. The van der Waals surface area contributed by atoms with Crippen LogP contribution in [0.1, 0.15) is 12.0 Å². The highest BCUT2D eigenvalue weighted by Crippen LogP contribution is 2.36. The molecule has 1 rings (SSSR count). The molecule has 0 aliphatic heterocycles. The van der Waals surface area contributed by atoms with Crippen LogP contribution in [0.2, 0.25) is 0 Å². The Morgan fingerprint density at radius 2 is 1.90 bits per heavy atom. The number of esters is 1. The molecule has 0 amide bonds. The first-order chi connectivity index (χ1) is 9.90. The predicted molar refractivity (Wildman–Crippen MR) is 68.9 cm³/mol. The number of methoxy groups -OCH3 is 2. The molecule has 4 nitrogen and oxygen atoms in total. The van der Waals surface area contributed by atoms with Crippen molar-refractivity contribution >= 4 is 5.97 Å². The second kappa shape index (κ2) is 7.87. The van der Waals surface area contributed by atoms with Gasteiger partial charge in [-0.05, 0) is 18.6 Å². The first-order valence-electron chi connectivity index (χ1n) is 6.26. The standard InChI is InChI=1S/C14H17F3O4/c1-19-8-7-10(13(18)20-2)9-21-12-6-4-3-5-11(12)14(15,16)17/h3-6,10H,7-9H2,1-2H3. The molecular formula is C14H17F3O4. The molecule has 0 saturated carbocycles. The van der Waals surface area contributed by atoms with Crippen LogP contribution in [0.4, 0.5) is 13.2 Å². The zero-order valence-electron chi connectivity index (χ0n) is 11.8. The van der Waals surface area contributed by atoms with Crippen molar-refractivity contribution in [3.8, 4) is 5.75 Å². The minimum Gasteiger partial charge on any atom is -0.492 e. The highest BCUT2D eigenvalue weighted by Gasteiger charge is 2.34. The largest absolute Gasteiger partial charge is 0.492 e. The van der Waals surface area contributed by atoms with Crippen LogP contribution in [0.15, 0.2) is 24.3 Å². The number of hydrogen-bond acceptors (Lipinski definition) is 4. The zero-order valence-corrected chi connectivity index (χ0v) is 11.8. The summed E-state index contributed by atoms with van der Waals surface area (Å²) in [5.41, 5.74) is -0.875. The van der Waals surface area contributed by atoms with Crippen molar-refractivity contribution in [1.29, 1.82) is 0 Å². The Kier molecular flexibility index (Phi) is 6.48. The van der Waals surface area contributed by atoms with Gasteiger partial charge in [-0.2, -0.15) is 13.2 Å². The molecule has 0 radical (unpaired) electrons. The first kappa shape index (κ1) is 17.3. The van der Waals surface area contributed by atoms with Crippen molar-refractivity contribution in [3.05, 3.63) is 29.8 Å². The van der Waals surface area contributed by atoms with Crippen LogP contribution in [0.3, 0.4) is 0 Å². The third kappa shape index (κ3) is 5.26. The summed E-state index contributed by atoms with van der Waals surface area (Å²) >= 11 is 0. The lowest BCUT2D eigenvalue weighted by atomic mass is 10.1. The van der Waals surface area contributed by atoms with Crippen LogP contribution in [0.25, 0.3) is 0 Å². The number of ether oxygens (including phenoxy) is 3. The summed E-state index contributed by atoms with van der Waals surface area (Å²) in [4.78, 5) is 11.5. The molecule has 1 atom stereocenters. The normalized spacial score (nSPS) is 12.8. The van der Waals surface area contributed by atoms with Crippen LogP contribution >= 0.6 is 0 Å². The highest BCUT2D eigenvalue weighted by atomic mass is 19.4. The van der Waals surface area contributed by atoms with Gasteiger partial charge in [0.1, 0.15) is 12.4 Å². The fourth-order valence-corrected chi connectivity index (χ4v) is 1.71. The van der Waals surface area contributed by atoms with E-state index in [9.17, 15) is 18.0 Å². The van der Waals surface area contributed by atoms with Crippen LogP contribution in [-0.4, -0.2) is 33.4 Å². The summed E-state index contributed by atoms with van der Waals surface area (Å²) in [5.74, 6) is -1.54. The number of rotatable bonds is 7. The van der Waals surface area contributed by atoms with Gasteiger partial charge in [-0.15, -0.1) is 0 Å². The number of carbonyl (C=O) groups is 1. The van der Waals surface area contributed by atoms with Gasteiger partial charge in [0.15, 0.2) is 0 Å². The Morgan fingerprint density at radius 3 is 2.48 bits per heavy atom. The molecular weight excluding hydrogens is 289 g/mol. The Bertz CT molecular complexity index is 460. The number of hydrogen-bond donors (Lipinski definition) is 0. The molecule has 0 bridgehead atoms. The lowest BCUT2D eigenvalue weighted by molar-refractivity contribution is -0.147. The molecule has 21 heavy (non-hydrogen) atoms. The average molecular weight is 306 g/mol. The van der Waals surface area contributed by atoms with Gasteiger partial charge in [0.2, 0.25) is 0 Å². The van der Waals surface area contributed by atoms with Crippen LogP contribution < -0.4 is 4.74 Å². The SMILES string of the molecule is COCCC(COc1ccccc1C(F)(F)F)C(=O)OC. The summed E-state index contributed by atoms with van der Waals surface area (Å²) in [6.45, 7) is 0.0766. The molecule has 1 aromatic carbocycles. The molecule has 7 heteroatoms. The van der Waals surface area contributed by atoms with E-state index in [0.717, 1.165) is 6.07 Å². The minimum absolute atomic E-state index is 0.205. The maximum Gasteiger partial charge on any atom is 0.419 e. The smallest absolute Gasteiger partial charge is 0.419 e. The molecule has 1 aromatic rings. The molecule has 0 heterocycles. The van der Waals surface area contributed by atoms with Crippen LogP contribution in [0.5, 0.6) is 5.75 Å². The third-order valence-electron chi connectivity index (χ3n) is 2.84. The van der Waals surface area contributed by atoms with E-state index in [0.29, 0.717) is 6.42 Å². The van der Waals surface area contributed by atoms with Crippen molar-refractivity contribution in [2.24, 2.45) is 5.92 Å². The van der Waals surface area contributed by atoms with Gasteiger partial charge in [-0.3, -0.25) is 4.79 Å². The maximum atomic E-state index is 12.8. The van der Waals surface area contributed by atoms with Crippen LogP contribution in [-0.2, 0) is 20.4 Å². The second-order valence-electron chi connectivity index (χ2n) is 4.31. The second-order valence-corrected chi connectivity index (χ2v) is 4.31. The monoisotopic (exact) mass is 306 g/mol. The highest BCUT2D eigenvalue weighted by molar-refractivity contribution is 5.72. The fraction of sp³-hybridized carbons (Fsp3) is 0.500. The van der Waals surface area contributed by atoms with Gasteiger partial charge < -0.3 is 14.2 Å². The molecule has 0 fully saturated rings. The lowest BCUT2D eigenvalue weighted by Gasteiger charge is -2.18. The maximum absolute atomic E-state index is 12.8. The van der Waals surface area contributed by atoms with Gasteiger partial charge in [0.05, 0.1) is 18.6 Å². The minimum atomic E-state index is -4.51. The Morgan fingerprint density at radius 1 is 1.24 bits per heavy atom. The number of alkyl halides is 3. The number of para-hydroxylation sites is 1. The molecule has 0 N–H and O–H groups in total. The summed E-state index contributed by atoms with van der Waals surface area (Å²) in [5, 5.41) is 0. The van der Waals surface area contributed by atoms with E-state index in [2.05, 4.69) is 4.74 Å². The van der Waals surface area contributed by atoms with E-state index in [4.69, 9.17) is 9.47 Å². The topological polar surface area (TPSA) is 44.8 Å².